The van der Waals surface area contributed by atoms with Gasteiger partial charge in [0.15, 0.2) is 0 Å². The molecule has 0 saturated heterocycles. The number of benzene rings is 1. The Morgan fingerprint density at radius 3 is 2.54 bits per heavy atom. The Morgan fingerprint density at radius 2 is 1.84 bits per heavy atom. The molecule has 0 unspecified atom stereocenters. The predicted molar refractivity (Wildman–Crippen MR) is 136 cm³/mol. The van der Waals surface area contributed by atoms with Crippen molar-refractivity contribution in [3.05, 3.63) is 65.5 Å². The number of rotatable bonds is 5. The molecule has 5 rings (SSSR count). The minimum Gasteiger partial charge on any atom is -0.354 e. The molecule has 0 atom stereocenters. The number of carbonyl (C=O) groups excluding carboxylic acids is 1. The fraction of sp³-hybridized carbons (Fsp3) is 0.296. The molecule has 1 N–H and O–H groups in total. The van der Waals surface area contributed by atoms with Gasteiger partial charge in [-0.3, -0.25) is 9.48 Å². The Balaban J connectivity index is 1.51. The standard InChI is InChI=1S/C27H24FN7OS/c1-16-24(14-32-35(16)23-6-4-22(5-7-23)33-17(2)36)19-10-26(27-20(12-30)13-31-34(27)15-19)37-25-8-3-21(28)9-18(25)11-29/h3,8-10,13-15,22-23H,4-7H2,1-2H3,(H,33,36)/t22-,23-. The molecule has 3 aromatic heterocycles. The minimum atomic E-state index is -0.476. The first-order valence-electron chi connectivity index (χ1n) is 12.0. The van der Waals surface area contributed by atoms with E-state index in [4.69, 9.17) is 5.10 Å². The lowest BCUT2D eigenvalue weighted by molar-refractivity contribution is -0.119. The van der Waals surface area contributed by atoms with Crippen molar-refractivity contribution in [3.8, 4) is 23.3 Å². The van der Waals surface area contributed by atoms with Gasteiger partial charge < -0.3 is 5.32 Å². The summed E-state index contributed by atoms with van der Waals surface area (Å²) in [7, 11) is 0. The summed E-state index contributed by atoms with van der Waals surface area (Å²) in [5, 5.41) is 31.3. The molecule has 1 aliphatic rings. The molecule has 1 aliphatic carbocycles. The number of fused-ring (bicyclic) bond motifs is 1. The highest BCUT2D eigenvalue weighted by molar-refractivity contribution is 7.99. The highest BCUT2D eigenvalue weighted by atomic mass is 32.2. The van der Waals surface area contributed by atoms with Gasteiger partial charge in [-0.1, -0.05) is 11.8 Å². The van der Waals surface area contributed by atoms with Gasteiger partial charge in [-0.2, -0.15) is 20.7 Å². The zero-order chi connectivity index (χ0) is 26.1. The number of pyridine rings is 1. The van der Waals surface area contributed by atoms with Gasteiger partial charge in [-0.25, -0.2) is 8.91 Å². The van der Waals surface area contributed by atoms with Gasteiger partial charge in [-0.05, 0) is 56.9 Å². The monoisotopic (exact) mass is 513 g/mol. The van der Waals surface area contributed by atoms with Crippen LogP contribution >= 0.6 is 11.8 Å². The summed E-state index contributed by atoms with van der Waals surface area (Å²) in [6.45, 7) is 3.59. The average molecular weight is 514 g/mol. The second kappa shape index (κ2) is 10.1. The molecule has 0 bridgehead atoms. The van der Waals surface area contributed by atoms with E-state index in [1.54, 1.807) is 17.5 Å². The largest absolute Gasteiger partial charge is 0.354 e. The summed E-state index contributed by atoms with van der Waals surface area (Å²) >= 11 is 1.30. The second-order valence-electron chi connectivity index (χ2n) is 9.20. The van der Waals surface area contributed by atoms with Crippen LogP contribution in [0.5, 0.6) is 0 Å². The van der Waals surface area contributed by atoms with Crippen molar-refractivity contribution in [2.45, 2.75) is 61.4 Å². The van der Waals surface area contributed by atoms with Crippen LogP contribution in [0, 0.1) is 35.4 Å². The van der Waals surface area contributed by atoms with E-state index in [0.29, 0.717) is 16.0 Å². The van der Waals surface area contributed by atoms with E-state index in [1.165, 1.54) is 30.1 Å². The first-order chi connectivity index (χ1) is 17.9. The molecule has 1 amide bonds. The summed E-state index contributed by atoms with van der Waals surface area (Å²) in [6, 6.07) is 10.8. The lowest BCUT2D eigenvalue weighted by atomic mass is 9.91. The average Bonchev–Trinajstić information content (AvgIpc) is 3.48. The Labute approximate surface area is 217 Å². The fourth-order valence-corrected chi connectivity index (χ4v) is 6.09. The number of hydrogen-bond donors (Lipinski definition) is 1. The van der Waals surface area contributed by atoms with Crippen LogP contribution < -0.4 is 5.32 Å². The normalized spacial score (nSPS) is 17.3. The summed E-state index contributed by atoms with van der Waals surface area (Å²) < 4.78 is 17.4. The number of nitrogens with zero attached hydrogens (tertiary/aromatic N) is 6. The molecule has 8 nitrogen and oxygen atoms in total. The summed E-state index contributed by atoms with van der Waals surface area (Å²) in [5.41, 5.74) is 4.11. The van der Waals surface area contributed by atoms with Crippen LogP contribution in [0.25, 0.3) is 16.6 Å². The molecule has 0 aliphatic heterocycles. The van der Waals surface area contributed by atoms with Crippen LogP contribution in [0.4, 0.5) is 4.39 Å². The van der Waals surface area contributed by atoms with Gasteiger partial charge in [0.1, 0.15) is 18.0 Å². The smallest absolute Gasteiger partial charge is 0.217 e. The molecule has 1 fully saturated rings. The van der Waals surface area contributed by atoms with Gasteiger partial charge in [-0.15, -0.1) is 0 Å². The third kappa shape index (κ3) is 4.81. The van der Waals surface area contributed by atoms with Crippen molar-refractivity contribution >= 4 is 23.2 Å². The van der Waals surface area contributed by atoms with Crippen molar-refractivity contribution in [1.82, 2.24) is 24.7 Å². The van der Waals surface area contributed by atoms with Crippen LogP contribution in [0.15, 0.2) is 52.6 Å². The maximum absolute atomic E-state index is 13.7. The van der Waals surface area contributed by atoms with Crippen LogP contribution in [-0.2, 0) is 4.79 Å². The van der Waals surface area contributed by atoms with E-state index in [1.807, 2.05) is 25.4 Å². The van der Waals surface area contributed by atoms with E-state index < -0.39 is 5.82 Å². The Morgan fingerprint density at radius 1 is 1.08 bits per heavy atom. The number of amides is 1. The summed E-state index contributed by atoms with van der Waals surface area (Å²) in [5.74, 6) is -0.471. The molecule has 4 aromatic rings. The highest BCUT2D eigenvalue weighted by Crippen LogP contribution is 2.38. The lowest BCUT2D eigenvalue weighted by Crippen LogP contribution is -2.36. The van der Waals surface area contributed by atoms with Gasteiger partial charge in [0.2, 0.25) is 5.91 Å². The van der Waals surface area contributed by atoms with Crippen LogP contribution in [-0.4, -0.2) is 31.3 Å². The third-order valence-corrected chi connectivity index (χ3v) is 7.89. The zero-order valence-corrected chi connectivity index (χ0v) is 21.2. The maximum Gasteiger partial charge on any atom is 0.217 e. The first kappa shape index (κ1) is 24.5. The van der Waals surface area contributed by atoms with Crippen LogP contribution in [0.2, 0.25) is 0 Å². The molecule has 186 valence electrons. The Hall–Kier alpha value is -4.15. The quantitative estimate of drug-likeness (QED) is 0.395. The van der Waals surface area contributed by atoms with Crippen LogP contribution in [0.1, 0.15) is 55.5 Å². The highest BCUT2D eigenvalue weighted by Gasteiger charge is 2.25. The van der Waals surface area contributed by atoms with Crippen LogP contribution in [0.3, 0.4) is 0 Å². The zero-order valence-electron chi connectivity index (χ0n) is 20.4. The minimum absolute atomic E-state index is 0.00535. The SMILES string of the molecule is CC(=O)N[C@H]1CC[C@H](n2ncc(-c3cc(Sc4ccc(F)cc4C#N)c4c(C#N)cnn4c3)c2C)CC1. The number of hydrogen-bond acceptors (Lipinski definition) is 6. The van der Waals surface area contributed by atoms with Gasteiger partial charge >= 0.3 is 0 Å². The van der Waals surface area contributed by atoms with Gasteiger partial charge in [0, 0.05) is 45.8 Å². The van der Waals surface area contributed by atoms with E-state index in [9.17, 15) is 19.7 Å². The number of aromatic nitrogens is 4. The molecule has 10 heteroatoms. The Bertz CT molecular complexity index is 1580. The summed E-state index contributed by atoms with van der Waals surface area (Å²) in [6.07, 6.45) is 8.92. The Kier molecular flexibility index (Phi) is 6.68. The molecule has 1 saturated carbocycles. The van der Waals surface area contributed by atoms with Crippen molar-refractivity contribution < 1.29 is 9.18 Å². The van der Waals surface area contributed by atoms with E-state index in [0.717, 1.165) is 47.4 Å². The second-order valence-corrected chi connectivity index (χ2v) is 10.3. The summed E-state index contributed by atoms with van der Waals surface area (Å²) in [4.78, 5) is 12.7. The van der Waals surface area contributed by atoms with E-state index in [2.05, 4.69) is 27.2 Å². The molecular weight excluding hydrogens is 489 g/mol. The van der Waals surface area contributed by atoms with Crippen molar-refractivity contribution in [1.29, 1.82) is 10.5 Å². The fourth-order valence-electron chi connectivity index (χ4n) is 5.02. The van der Waals surface area contributed by atoms with Crippen molar-refractivity contribution in [2.24, 2.45) is 0 Å². The topological polar surface area (TPSA) is 112 Å². The lowest BCUT2D eigenvalue weighted by Gasteiger charge is -2.29. The van der Waals surface area contributed by atoms with E-state index in [-0.39, 0.29) is 23.6 Å². The van der Waals surface area contributed by atoms with Crippen molar-refractivity contribution in [2.75, 3.05) is 0 Å². The molecule has 0 radical (unpaired) electrons. The van der Waals surface area contributed by atoms with Gasteiger partial charge in [0.05, 0.1) is 35.1 Å². The molecule has 1 aromatic carbocycles. The number of halogens is 1. The number of nitrogens with one attached hydrogen (secondary N) is 1. The number of carbonyl (C=O) groups is 1. The molecule has 0 spiro atoms. The maximum atomic E-state index is 13.7. The van der Waals surface area contributed by atoms with Crippen molar-refractivity contribution in [3.63, 3.8) is 0 Å². The predicted octanol–water partition coefficient (Wildman–Crippen LogP) is 5.16. The molecular formula is C27H24FN7OS. The molecule has 3 heterocycles. The molecule has 37 heavy (non-hydrogen) atoms. The number of nitriles is 2. The third-order valence-electron chi connectivity index (χ3n) is 6.78. The van der Waals surface area contributed by atoms with Gasteiger partial charge in [0.25, 0.3) is 0 Å². The first-order valence-corrected chi connectivity index (χ1v) is 12.8. The van der Waals surface area contributed by atoms with E-state index >= 15 is 0 Å².